The summed E-state index contributed by atoms with van der Waals surface area (Å²) in [4.78, 5) is 4.45. The van der Waals surface area contributed by atoms with Crippen molar-refractivity contribution in [3.63, 3.8) is 0 Å². The van der Waals surface area contributed by atoms with Crippen LogP contribution in [-0.4, -0.2) is 34.2 Å². The van der Waals surface area contributed by atoms with E-state index >= 15 is 0 Å². The summed E-state index contributed by atoms with van der Waals surface area (Å²) >= 11 is 0. The molecular weight excluding hydrogens is 214 g/mol. The Hall–Kier alpha value is -1.62. The summed E-state index contributed by atoms with van der Waals surface area (Å²) in [5.74, 6) is 0.704. The van der Waals surface area contributed by atoms with Gasteiger partial charge < -0.3 is 10.6 Å². The first-order chi connectivity index (χ1) is 8.31. The number of hydrogen-bond donors (Lipinski definition) is 2. The zero-order chi connectivity index (χ0) is 12.1. The molecule has 0 aliphatic heterocycles. The molecule has 0 amide bonds. The highest BCUT2D eigenvalue weighted by molar-refractivity contribution is 5.49. The zero-order valence-corrected chi connectivity index (χ0v) is 10.4. The molecule has 5 nitrogen and oxygen atoms in total. The van der Waals surface area contributed by atoms with E-state index in [1.807, 2.05) is 29.8 Å². The number of pyridine rings is 1. The number of aryl methyl sites for hydroxylation is 1. The number of aromatic nitrogens is 3. The van der Waals surface area contributed by atoms with Crippen molar-refractivity contribution in [2.75, 3.05) is 25.0 Å². The number of fused-ring (bicyclic) bond motifs is 1. The molecule has 0 radical (unpaired) electrons. The Morgan fingerprint density at radius 1 is 1.35 bits per heavy atom. The van der Waals surface area contributed by atoms with Crippen LogP contribution in [0.5, 0.6) is 0 Å². The van der Waals surface area contributed by atoms with E-state index in [0.29, 0.717) is 5.95 Å². The van der Waals surface area contributed by atoms with E-state index in [9.17, 15) is 0 Å². The van der Waals surface area contributed by atoms with Gasteiger partial charge in [-0.2, -0.15) is 4.98 Å². The first-order valence-corrected chi connectivity index (χ1v) is 6.08. The van der Waals surface area contributed by atoms with Gasteiger partial charge in [-0.05, 0) is 38.1 Å². The molecule has 0 atom stereocenters. The van der Waals surface area contributed by atoms with Crippen molar-refractivity contribution in [3.8, 4) is 0 Å². The average Bonchev–Trinajstić information content (AvgIpc) is 2.73. The largest absolute Gasteiger partial charge is 0.353 e. The topological polar surface area (TPSA) is 54.2 Å². The lowest BCUT2D eigenvalue weighted by molar-refractivity contribution is 0.687. The van der Waals surface area contributed by atoms with Crippen LogP contribution >= 0.6 is 0 Å². The fraction of sp³-hybridized carbons (Fsp3) is 0.500. The van der Waals surface area contributed by atoms with Gasteiger partial charge >= 0.3 is 0 Å². The van der Waals surface area contributed by atoms with Crippen LogP contribution in [0.25, 0.3) is 5.65 Å². The molecule has 2 N–H and O–H groups in total. The second kappa shape index (κ2) is 5.63. The standard InChI is InChI=1S/C12H19N5/c1-3-13-7-5-8-14-12-15-11-10(2)6-4-9-17(11)16-12/h4,6,9,13H,3,5,7-8H2,1-2H3,(H,14,16). The van der Waals surface area contributed by atoms with Crippen molar-refractivity contribution in [1.82, 2.24) is 19.9 Å². The second-order valence-electron chi connectivity index (χ2n) is 4.03. The lowest BCUT2D eigenvalue weighted by atomic mass is 10.3. The fourth-order valence-corrected chi connectivity index (χ4v) is 1.70. The van der Waals surface area contributed by atoms with Crippen molar-refractivity contribution in [1.29, 1.82) is 0 Å². The molecule has 2 aromatic heterocycles. The molecular formula is C12H19N5. The van der Waals surface area contributed by atoms with Crippen LogP contribution in [0.15, 0.2) is 18.3 Å². The summed E-state index contributed by atoms with van der Waals surface area (Å²) in [5.41, 5.74) is 2.06. The lowest BCUT2D eigenvalue weighted by Crippen LogP contribution is -2.17. The molecule has 2 heterocycles. The van der Waals surface area contributed by atoms with Crippen LogP contribution in [0.4, 0.5) is 5.95 Å². The maximum Gasteiger partial charge on any atom is 0.243 e. The Kier molecular flexibility index (Phi) is 3.93. The minimum atomic E-state index is 0.704. The van der Waals surface area contributed by atoms with Gasteiger partial charge in [-0.1, -0.05) is 13.0 Å². The first-order valence-electron chi connectivity index (χ1n) is 6.08. The molecule has 0 saturated carbocycles. The van der Waals surface area contributed by atoms with Crippen LogP contribution in [0, 0.1) is 6.92 Å². The molecule has 0 spiro atoms. The van der Waals surface area contributed by atoms with Crippen molar-refractivity contribution < 1.29 is 0 Å². The zero-order valence-electron chi connectivity index (χ0n) is 10.4. The molecule has 0 aliphatic carbocycles. The molecule has 5 heteroatoms. The number of anilines is 1. The fourth-order valence-electron chi connectivity index (χ4n) is 1.70. The normalized spacial score (nSPS) is 10.9. The first kappa shape index (κ1) is 11.9. The van der Waals surface area contributed by atoms with Crippen molar-refractivity contribution >= 4 is 11.6 Å². The Balaban J connectivity index is 1.93. The van der Waals surface area contributed by atoms with E-state index in [2.05, 4.69) is 27.6 Å². The van der Waals surface area contributed by atoms with Gasteiger partial charge in [0.2, 0.25) is 5.95 Å². The van der Waals surface area contributed by atoms with Gasteiger partial charge in [-0.25, -0.2) is 4.52 Å². The predicted octanol–water partition coefficient (Wildman–Crippen LogP) is 1.45. The van der Waals surface area contributed by atoms with Gasteiger partial charge in [0.15, 0.2) is 5.65 Å². The third kappa shape index (κ3) is 2.94. The summed E-state index contributed by atoms with van der Waals surface area (Å²) in [6, 6.07) is 4.02. The molecule has 0 saturated heterocycles. The van der Waals surface area contributed by atoms with E-state index in [-0.39, 0.29) is 0 Å². The lowest BCUT2D eigenvalue weighted by Gasteiger charge is -2.01. The Labute approximate surface area is 101 Å². The summed E-state index contributed by atoms with van der Waals surface area (Å²) in [7, 11) is 0. The summed E-state index contributed by atoms with van der Waals surface area (Å²) in [6.45, 7) is 7.09. The third-order valence-electron chi connectivity index (χ3n) is 2.62. The second-order valence-corrected chi connectivity index (χ2v) is 4.03. The van der Waals surface area contributed by atoms with Crippen LogP contribution in [0.3, 0.4) is 0 Å². The summed E-state index contributed by atoms with van der Waals surface area (Å²) in [5, 5.41) is 10.9. The molecule has 0 bridgehead atoms. The quantitative estimate of drug-likeness (QED) is 0.741. The van der Waals surface area contributed by atoms with Crippen LogP contribution < -0.4 is 10.6 Å². The highest BCUT2D eigenvalue weighted by Crippen LogP contribution is 2.09. The number of hydrogen-bond acceptors (Lipinski definition) is 4. The van der Waals surface area contributed by atoms with Crippen molar-refractivity contribution in [2.45, 2.75) is 20.3 Å². The molecule has 2 rings (SSSR count). The highest BCUT2D eigenvalue weighted by Gasteiger charge is 2.03. The van der Waals surface area contributed by atoms with E-state index in [4.69, 9.17) is 0 Å². The molecule has 0 aliphatic rings. The van der Waals surface area contributed by atoms with Gasteiger partial charge in [0, 0.05) is 12.7 Å². The van der Waals surface area contributed by atoms with E-state index in [0.717, 1.165) is 37.3 Å². The maximum absolute atomic E-state index is 4.45. The van der Waals surface area contributed by atoms with Gasteiger partial charge in [0.05, 0.1) is 0 Å². The van der Waals surface area contributed by atoms with Gasteiger partial charge in [-0.3, -0.25) is 0 Å². The van der Waals surface area contributed by atoms with Gasteiger partial charge in [0.25, 0.3) is 0 Å². The SMILES string of the molecule is CCNCCCNc1nc2c(C)cccn2n1. The number of nitrogens with zero attached hydrogens (tertiary/aromatic N) is 3. The minimum absolute atomic E-state index is 0.704. The van der Waals surface area contributed by atoms with Crippen LogP contribution in [0.1, 0.15) is 18.9 Å². The molecule has 0 aromatic carbocycles. The molecule has 2 aromatic rings. The van der Waals surface area contributed by atoms with Crippen LogP contribution in [0.2, 0.25) is 0 Å². The van der Waals surface area contributed by atoms with Crippen LogP contribution in [-0.2, 0) is 0 Å². The predicted molar refractivity (Wildman–Crippen MR) is 69.4 cm³/mol. The highest BCUT2D eigenvalue weighted by atomic mass is 15.3. The van der Waals surface area contributed by atoms with Gasteiger partial charge in [0.1, 0.15) is 0 Å². The van der Waals surface area contributed by atoms with E-state index in [1.54, 1.807) is 0 Å². The summed E-state index contributed by atoms with van der Waals surface area (Å²) < 4.78 is 1.81. The smallest absolute Gasteiger partial charge is 0.243 e. The Morgan fingerprint density at radius 3 is 3.00 bits per heavy atom. The van der Waals surface area contributed by atoms with Gasteiger partial charge in [-0.15, -0.1) is 5.10 Å². The average molecular weight is 233 g/mol. The molecule has 17 heavy (non-hydrogen) atoms. The molecule has 92 valence electrons. The maximum atomic E-state index is 4.45. The molecule has 0 fully saturated rings. The Morgan fingerprint density at radius 2 is 2.24 bits per heavy atom. The number of nitrogens with one attached hydrogen (secondary N) is 2. The van der Waals surface area contributed by atoms with E-state index in [1.165, 1.54) is 0 Å². The number of rotatable bonds is 6. The monoisotopic (exact) mass is 233 g/mol. The van der Waals surface area contributed by atoms with Crippen molar-refractivity contribution in [2.24, 2.45) is 0 Å². The molecule has 0 unspecified atom stereocenters. The third-order valence-corrected chi connectivity index (χ3v) is 2.62. The minimum Gasteiger partial charge on any atom is -0.353 e. The van der Waals surface area contributed by atoms with Crippen molar-refractivity contribution in [3.05, 3.63) is 23.9 Å². The Bertz CT molecular complexity index is 477. The summed E-state index contributed by atoms with van der Waals surface area (Å²) in [6.07, 6.45) is 2.99. The van der Waals surface area contributed by atoms with E-state index < -0.39 is 0 Å².